The van der Waals surface area contributed by atoms with Crippen LogP contribution < -0.4 is 0 Å². The fourth-order valence-corrected chi connectivity index (χ4v) is 1.15. The van der Waals surface area contributed by atoms with Crippen molar-refractivity contribution >= 4 is 7.85 Å². The highest BCUT2D eigenvalue weighted by Gasteiger charge is 2.46. The van der Waals surface area contributed by atoms with Crippen molar-refractivity contribution < 1.29 is 20.1 Å². The Morgan fingerprint density at radius 3 is 2.27 bits per heavy atom. The Balaban J connectivity index is 2.69. The molecule has 1 fully saturated rings. The van der Waals surface area contributed by atoms with Crippen LogP contribution in [0.3, 0.4) is 0 Å². The van der Waals surface area contributed by atoms with E-state index in [0.717, 1.165) is 0 Å². The smallest absolute Gasteiger partial charge is 0.117 e. The van der Waals surface area contributed by atoms with Crippen LogP contribution in [-0.2, 0) is 4.74 Å². The van der Waals surface area contributed by atoms with Crippen LogP contribution in [0.5, 0.6) is 0 Å². The summed E-state index contributed by atoms with van der Waals surface area (Å²) in [6.45, 7) is 1.11. The summed E-state index contributed by atoms with van der Waals surface area (Å²) in [5, 5.41) is 27.0. The zero-order chi connectivity index (χ0) is 8.65. The van der Waals surface area contributed by atoms with Crippen molar-refractivity contribution in [3.63, 3.8) is 0 Å². The predicted octanol–water partition coefficient (Wildman–Crippen LogP) is -2.02. The lowest BCUT2D eigenvalue weighted by Gasteiger charge is -2.22. The summed E-state index contributed by atoms with van der Waals surface area (Å²) >= 11 is 0. The second kappa shape index (κ2) is 2.75. The molecule has 3 unspecified atom stereocenters. The molecule has 0 saturated carbocycles. The van der Waals surface area contributed by atoms with E-state index in [0.29, 0.717) is 0 Å². The quantitative estimate of drug-likeness (QED) is 0.385. The van der Waals surface area contributed by atoms with Crippen LogP contribution in [0.1, 0.15) is 6.92 Å². The van der Waals surface area contributed by atoms with E-state index in [1.165, 1.54) is 6.92 Å². The van der Waals surface area contributed by atoms with Crippen LogP contribution in [0.15, 0.2) is 0 Å². The molecule has 5 heteroatoms. The Morgan fingerprint density at radius 1 is 1.55 bits per heavy atom. The van der Waals surface area contributed by atoms with Crippen molar-refractivity contribution in [3.05, 3.63) is 0 Å². The van der Waals surface area contributed by atoms with Crippen LogP contribution in [0.4, 0.5) is 0 Å². The highest BCUT2D eigenvalue weighted by Crippen LogP contribution is 2.27. The lowest BCUT2D eigenvalue weighted by Crippen LogP contribution is -2.40. The van der Waals surface area contributed by atoms with Crippen LogP contribution in [-0.4, -0.2) is 53.6 Å². The van der Waals surface area contributed by atoms with Crippen molar-refractivity contribution in [3.8, 4) is 0 Å². The van der Waals surface area contributed by atoms with Crippen molar-refractivity contribution in [2.75, 3.05) is 6.61 Å². The summed E-state index contributed by atoms with van der Waals surface area (Å²) in [6, 6.07) is 0. The van der Waals surface area contributed by atoms with Gasteiger partial charge in [0.15, 0.2) is 0 Å². The maximum atomic E-state index is 9.22. The van der Waals surface area contributed by atoms with Gasteiger partial charge in [-0.3, -0.25) is 0 Å². The van der Waals surface area contributed by atoms with E-state index in [2.05, 4.69) is 0 Å². The first-order valence-electron chi connectivity index (χ1n) is 3.42. The van der Waals surface area contributed by atoms with E-state index in [9.17, 15) is 10.2 Å². The fourth-order valence-electron chi connectivity index (χ4n) is 1.15. The number of hydrogen-bond donors (Lipinski definition) is 3. The summed E-state index contributed by atoms with van der Waals surface area (Å²) in [5.74, 6) is 0. The van der Waals surface area contributed by atoms with E-state index in [1.54, 1.807) is 0 Å². The fraction of sp³-hybridized carbons (Fsp3) is 1.00. The van der Waals surface area contributed by atoms with Gasteiger partial charge in [0.05, 0.1) is 12.1 Å². The number of aliphatic hydroxyl groups is 3. The Bertz CT molecular complexity index is 150. The van der Waals surface area contributed by atoms with E-state index >= 15 is 0 Å². The Hall–Kier alpha value is -0.0951. The molecule has 0 spiro atoms. The number of rotatable bonds is 1. The lowest BCUT2D eigenvalue weighted by atomic mass is 9.78. The Kier molecular flexibility index (Phi) is 2.25. The molecule has 0 aromatic heterocycles. The highest BCUT2D eigenvalue weighted by molar-refractivity contribution is 6.15. The molecule has 0 amide bonds. The van der Waals surface area contributed by atoms with Crippen molar-refractivity contribution in [1.29, 1.82) is 0 Å². The molecule has 11 heavy (non-hydrogen) atoms. The number of aliphatic hydroxyl groups excluding tert-OH is 3. The third-order valence-corrected chi connectivity index (χ3v) is 1.88. The summed E-state index contributed by atoms with van der Waals surface area (Å²) < 4.78 is 4.95. The summed E-state index contributed by atoms with van der Waals surface area (Å²) in [7, 11) is 5.43. The molecule has 2 radical (unpaired) electrons. The molecule has 0 bridgehead atoms. The average molecular weight is 158 g/mol. The molecule has 1 aliphatic heterocycles. The Morgan fingerprint density at radius 2 is 2.09 bits per heavy atom. The lowest BCUT2D eigenvalue weighted by molar-refractivity contribution is -0.0333. The van der Waals surface area contributed by atoms with Gasteiger partial charge in [-0.15, -0.1) is 0 Å². The molecular formula is C6H11BO4. The summed E-state index contributed by atoms with van der Waals surface area (Å²) in [5.41, 5.74) is -1.26. The molecular weight excluding hydrogens is 147 g/mol. The monoisotopic (exact) mass is 158 g/mol. The van der Waals surface area contributed by atoms with Gasteiger partial charge in [-0.05, 0) is 6.92 Å². The molecule has 0 aliphatic carbocycles. The first kappa shape index (κ1) is 9.00. The zero-order valence-corrected chi connectivity index (χ0v) is 6.27. The molecule has 1 rings (SSSR count). The molecule has 0 aromatic carbocycles. The van der Waals surface area contributed by atoms with Gasteiger partial charge in [0.25, 0.3) is 0 Å². The van der Waals surface area contributed by atoms with E-state index in [-0.39, 0.29) is 6.61 Å². The van der Waals surface area contributed by atoms with Gasteiger partial charge in [-0.2, -0.15) is 0 Å². The molecule has 1 saturated heterocycles. The molecule has 3 N–H and O–H groups in total. The van der Waals surface area contributed by atoms with Gasteiger partial charge in [0.2, 0.25) is 0 Å². The van der Waals surface area contributed by atoms with Crippen LogP contribution >= 0.6 is 0 Å². The van der Waals surface area contributed by atoms with Crippen LogP contribution in [0.2, 0.25) is 0 Å². The first-order chi connectivity index (χ1) is 4.99. The standard InChI is InChI=1S/C6H11BO4/c1-6(7)5(10)4(9)3(2-8)11-6/h3-5,8-10H,2H2,1H3/t3?,4-,5?,6?/m0/s1. The van der Waals surface area contributed by atoms with Gasteiger partial charge in [0.1, 0.15) is 26.2 Å². The van der Waals surface area contributed by atoms with Crippen LogP contribution in [0.25, 0.3) is 0 Å². The Labute approximate surface area is 66.2 Å². The number of hydrogen-bond acceptors (Lipinski definition) is 4. The SMILES string of the molecule is [B]C1(C)OC(CO)[C@H](O)C1O. The molecule has 4 atom stereocenters. The second-order valence-corrected chi connectivity index (χ2v) is 2.96. The van der Waals surface area contributed by atoms with Gasteiger partial charge in [0, 0.05) is 0 Å². The van der Waals surface area contributed by atoms with E-state index < -0.39 is 23.8 Å². The summed E-state index contributed by atoms with van der Waals surface area (Å²) in [6.07, 6.45) is -3.02. The third kappa shape index (κ3) is 1.42. The predicted molar refractivity (Wildman–Crippen MR) is 38.1 cm³/mol. The second-order valence-electron chi connectivity index (χ2n) is 2.96. The van der Waals surface area contributed by atoms with Crippen molar-refractivity contribution in [2.24, 2.45) is 0 Å². The molecule has 4 nitrogen and oxygen atoms in total. The summed E-state index contributed by atoms with van der Waals surface area (Å²) in [4.78, 5) is 0. The largest absolute Gasteiger partial charge is 0.394 e. The van der Waals surface area contributed by atoms with Gasteiger partial charge < -0.3 is 20.1 Å². The van der Waals surface area contributed by atoms with Gasteiger partial charge in [-0.25, -0.2) is 0 Å². The molecule has 1 heterocycles. The average Bonchev–Trinajstić information content (AvgIpc) is 2.13. The van der Waals surface area contributed by atoms with E-state index in [4.69, 9.17) is 17.7 Å². The molecule has 62 valence electrons. The van der Waals surface area contributed by atoms with Gasteiger partial charge in [-0.1, -0.05) is 0 Å². The van der Waals surface area contributed by atoms with E-state index in [1.807, 2.05) is 0 Å². The normalized spacial score (nSPS) is 51.5. The van der Waals surface area contributed by atoms with Crippen molar-refractivity contribution in [1.82, 2.24) is 0 Å². The maximum Gasteiger partial charge on any atom is 0.117 e. The molecule has 0 aromatic rings. The zero-order valence-electron chi connectivity index (χ0n) is 6.27. The third-order valence-electron chi connectivity index (χ3n) is 1.88. The minimum Gasteiger partial charge on any atom is -0.394 e. The topological polar surface area (TPSA) is 69.9 Å². The number of ether oxygens (including phenoxy) is 1. The first-order valence-corrected chi connectivity index (χ1v) is 3.42. The van der Waals surface area contributed by atoms with Gasteiger partial charge >= 0.3 is 0 Å². The van der Waals surface area contributed by atoms with Crippen LogP contribution in [0, 0.1) is 0 Å². The maximum absolute atomic E-state index is 9.22. The van der Waals surface area contributed by atoms with Crippen molar-refractivity contribution in [2.45, 2.75) is 30.7 Å². The minimum atomic E-state index is -1.26. The molecule has 1 aliphatic rings. The highest BCUT2D eigenvalue weighted by atomic mass is 16.6. The minimum absolute atomic E-state index is 0.342.